The summed E-state index contributed by atoms with van der Waals surface area (Å²) in [4.78, 5) is 4.77. The van der Waals surface area contributed by atoms with Gasteiger partial charge in [0.1, 0.15) is 0 Å². The lowest BCUT2D eigenvalue weighted by atomic mass is 10.0. The monoisotopic (exact) mass is 288 g/mol. The van der Waals surface area contributed by atoms with Crippen LogP contribution in [-0.2, 0) is 22.5 Å². The molecule has 0 spiro atoms. The first-order chi connectivity index (χ1) is 10.3. The van der Waals surface area contributed by atoms with E-state index in [1.165, 1.54) is 5.56 Å². The molecule has 1 aromatic carbocycles. The SMILES string of the molecule is CCCNc1cc(COC)nc2c(CCOC)cccc12. The first-order valence-electron chi connectivity index (χ1n) is 7.43. The topological polar surface area (TPSA) is 43.4 Å². The molecule has 0 unspecified atom stereocenters. The summed E-state index contributed by atoms with van der Waals surface area (Å²) in [5, 5.41) is 4.66. The minimum Gasteiger partial charge on any atom is -0.384 e. The highest BCUT2D eigenvalue weighted by Gasteiger charge is 2.09. The van der Waals surface area contributed by atoms with Gasteiger partial charge in [0.05, 0.1) is 24.4 Å². The van der Waals surface area contributed by atoms with Gasteiger partial charge < -0.3 is 14.8 Å². The van der Waals surface area contributed by atoms with Crippen LogP contribution in [0, 0.1) is 0 Å². The van der Waals surface area contributed by atoms with Crippen LogP contribution in [0.15, 0.2) is 24.3 Å². The molecule has 0 radical (unpaired) electrons. The van der Waals surface area contributed by atoms with Gasteiger partial charge in [-0.1, -0.05) is 25.1 Å². The molecule has 0 amide bonds. The second kappa shape index (κ2) is 7.96. The van der Waals surface area contributed by atoms with Gasteiger partial charge in [0, 0.05) is 31.8 Å². The van der Waals surface area contributed by atoms with E-state index in [1.807, 2.05) is 0 Å². The fourth-order valence-corrected chi connectivity index (χ4v) is 2.40. The number of hydrogen-bond donors (Lipinski definition) is 1. The second-order valence-corrected chi connectivity index (χ2v) is 5.08. The van der Waals surface area contributed by atoms with Crippen molar-refractivity contribution in [3.8, 4) is 0 Å². The van der Waals surface area contributed by atoms with Crippen molar-refractivity contribution in [2.45, 2.75) is 26.4 Å². The molecule has 0 fully saturated rings. The molecule has 0 aliphatic carbocycles. The lowest BCUT2D eigenvalue weighted by Crippen LogP contribution is -2.05. The van der Waals surface area contributed by atoms with Crippen molar-refractivity contribution in [2.24, 2.45) is 0 Å². The Balaban J connectivity index is 2.48. The fourth-order valence-electron chi connectivity index (χ4n) is 2.40. The summed E-state index contributed by atoms with van der Waals surface area (Å²) in [5.74, 6) is 0. The lowest BCUT2D eigenvalue weighted by Gasteiger charge is -2.13. The maximum Gasteiger partial charge on any atom is 0.0885 e. The number of rotatable bonds is 8. The molecular weight excluding hydrogens is 264 g/mol. The van der Waals surface area contributed by atoms with Crippen molar-refractivity contribution in [1.82, 2.24) is 4.98 Å². The summed E-state index contributed by atoms with van der Waals surface area (Å²) in [5.41, 5.74) is 4.34. The van der Waals surface area contributed by atoms with E-state index < -0.39 is 0 Å². The summed E-state index contributed by atoms with van der Waals surface area (Å²) >= 11 is 0. The van der Waals surface area contributed by atoms with Gasteiger partial charge in [-0.25, -0.2) is 4.98 Å². The third kappa shape index (κ3) is 3.93. The van der Waals surface area contributed by atoms with Crippen molar-refractivity contribution in [3.05, 3.63) is 35.5 Å². The Hall–Kier alpha value is -1.65. The zero-order valence-electron chi connectivity index (χ0n) is 13.1. The maximum atomic E-state index is 5.24. The van der Waals surface area contributed by atoms with Crippen molar-refractivity contribution in [2.75, 3.05) is 32.7 Å². The van der Waals surface area contributed by atoms with E-state index in [2.05, 4.69) is 36.5 Å². The average Bonchev–Trinajstić information content (AvgIpc) is 2.51. The Bertz CT molecular complexity index is 584. The summed E-state index contributed by atoms with van der Waals surface area (Å²) in [6.45, 7) is 4.34. The van der Waals surface area contributed by atoms with Gasteiger partial charge in [-0.2, -0.15) is 0 Å². The Morgan fingerprint density at radius 2 is 2.05 bits per heavy atom. The molecule has 2 aromatic rings. The molecule has 1 N–H and O–H groups in total. The van der Waals surface area contributed by atoms with E-state index in [0.29, 0.717) is 13.2 Å². The number of fused-ring (bicyclic) bond motifs is 1. The minimum atomic E-state index is 0.523. The number of nitrogens with zero attached hydrogens (tertiary/aromatic N) is 1. The number of nitrogens with one attached hydrogen (secondary N) is 1. The summed E-state index contributed by atoms with van der Waals surface area (Å²) in [7, 11) is 3.42. The van der Waals surface area contributed by atoms with Crippen molar-refractivity contribution in [3.63, 3.8) is 0 Å². The van der Waals surface area contributed by atoms with E-state index in [4.69, 9.17) is 14.5 Å². The first-order valence-corrected chi connectivity index (χ1v) is 7.43. The normalized spacial score (nSPS) is 11.0. The number of ether oxygens (including phenoxy) is 2. The zero-order chi connectivity index (χ0) is 15.1. The number of methoxy groups -OCH3 is 2. The van der Waals surface area contributed by atoms with Crippen molar-refractivity contribution >= 4 is 16.6 Å². The van der Waals surface area contributed by atoms with E-state index in [-0.39, 0.29) is 0 Å². The molecule has 114 valence electrons. The number of anilines is 1. The highest BCUT2D eigenvalue weighted by atomic mass is 16.5. The maximum absolute atomic E-state index is 5.24. The quantitative estimate of drug-likeness (QED) is 0.808. The Morgan fingerprint density at radius 1 is 1.19 bits per heavy atom. The largest absolute Gasteiger partial charge is 0.384 e. The number of hydrogen-bond acceptors (Lipinski definition) is 4. The van der Waals surface area contributed by atoms with Crippen LogP contribution in [0.1, 0.15) is 24.6 Å². The van der Waals surface area contributed by atoms with Crippen LogP contribution >= 0.6 is 0 Å². The highest BCUT2D eigenvalue weighted by Crippen LogP contribution is 2.26. The number of pyridine rings is 1. The van der Waals surface area contributed by atoms with E-state index in [0.717, 1.165) is 41.7 Å². The van der Waals surface area contributed by atoms with Crippen LogP contribution in [0.2, 0.25) is 0 Å². The smallest absolute Gasteiger partial charge is 0.0885 e. The Kier molecular flexibility index (Phi) is 5.96. The van der Waals surface area contributed by atoms with Gasteiger partial charge >= 0.3 is 0 Å². The van der Waals surface area contributed by atoms with Gasteiger partial charge in [-0.15, -0.1) is 0 Å². The summed E-state index contributed by atoms with van der Waals surface area (Å²) < 4.78 is 10.4. The molecule has 0 saturated carbocycles. The summed E-state index contributed by atoms with van der Waals surface area (Å²) in [6, 6.07) is 8.41. The van der Waals surface area contributed by atoms with E-state index in [1.54, 1.807) is 14.2 Å². The van der Waals surface area contributed by atoms with Crippen LogP contribution in [0.5, 0.6) is 0 Å². The van der Waals surface area contributed by atoms with Crippen LogP contribution in [0.3, 0.4) is 0 Å². The van der Waals surface area contributed by atoms with E-state index >= 15 is 0 Å². The van der Waals surface area contributed by atoms with Crippen LogP contribution < -0.4 is 5.32 Å². The lowest BCUT2D eigenvalue weighted by molar-refractivity contribution is 0.182. The molecule has 0 saturated heterocycles. The fraction of sp³-hybridized carbons (Fsp3) is 0.471. The number of para-hydroxylation sites is 1. The van der Waals surface area contributed by atoms with Crippen molar-refractivity contribution < 1.29 is 9.47 Å². The van der Waals surface area contributed by atoms with Crippen LogP contribution in [0.4, 0.5) is 5.69 Å². The van der Waals surface area contributed by atoms with Crippen molar-refractivity contribution in [1.29, 1.82) is 0 Å². The molecule has 21 heavy (non-hydrogen) atoms. The minimum absolute atomic E-state index is 0.523. The molecule has 0 bridgehead atoms. The predicted molar refractivity (Wildman–Crippen MR) is 86.8 cm³/mol. The molecule has 1 heterocycles. The first kappa shape index (κ1) is 15.7. The molecule has 4 heteroatoms. The molecule has 2 rings (SSSR count). The third-order valence-corrected chi connectivity index (χ3v) is 3.41. The third-order valence-electron chi connectivity index (χ3n) is 3.41. The van der Waals surface area contributed by atoms with E-state index in [9.17, 15) is 0 Å². The zero-order valence-corrected chi connectivity index (χ0v) is 13.1. The standard InChI is InChI=1S/C17H24N2O2/c1-4-9-18-16-11-14(12-21-3)19-17-13(8-10-20-2)6-5-7-15(16)17/h5-7,11H,4,8-10,12H2,1-3H3,(H,18,19). The molecule has 1 aromatic heterocycles. The van der Waals surface area contributed by atoms with Gasteiger partial charge in [0.15, 0.2) is 0 Å². The number of benzene rings is 1. The van der Waals surface area contributed by atoms with Gasteiger partial charge in [0.2, 0.25) is 0 Å². The average molecular weight is 288 g/mol. The summed E-state index contributed by atoms with van der Waals surface area (Å²) in [6.07, 6.45) is 1.96. The van der Waals surface area contributed by atoms with Crippen LogP contribution in [-0.4, -0.2) is 32.4 Å². The van der Waals surface area contributed by atoms with Gasteiger partial charge in [-0.3, -0.25) is 0 Å². The van der Waals surface area contributed by atoms with Crippen LogP contribution in [0.25, 0.3) is 10.9 Å². The number of aromatic nitrogens is 1. The Morgan fingerprint density at radius 3 is 2.76 bits per heavy atom. The molecule has 0 atom stereocenters. The van der Waals surface area contributed by atoms with Gasteiger partial charge in [0.25, 0.3) is 0 Å². The predicted octanol–water partition coefficient (Wildman–Crippen LogP) is 3.39. The molecule has 0 aliphatic rings. The highest BCUT2D eigenvalue weighted by molar-refractivity contribution is 5.93. The molecular formula is C17H24N2O2. The van der Waals surface area contributed by atoms with Gasteiger partial charge in [-0.05, 0) is 24.5 Å². The second-order valence-electron chi connectivity index (χ2n) is 5.08. The Labute approximate surface area is 126 Å². The molecule has 4 nitrogen and oxygen atoms in total. The molecule has 0 aliphatic heterocycles.